The van der Waals surface area contributed by atoms with Crippen LogP contribution in [-0.4, -0.2) is 11.9 Å². The first-order valence-corrected chi connectivity index (χ1v) is 3.98. The standard InChI is InChI=1S/C4H4N2OS2/c5-1-8-3-7-4-9-2-6/h3-4H2. The van der Waals surface area contributed by atoms with Crippen LogP contribution in [0, 0.1) is 21.3 Å². The van der Waals surface area contributed by atoms with Crippen molar-refractivity contribution < 1.29 is 4.74 Å². The summed E-state index contributed by atoms with van der Waals surface area (Å²) >= 11 is 2.04. The van der Waals surface area contributed by atoms with E-state index in [9.17, 15) is 0 Å². The number of nitrogens with zero attached hydrogens (tertiary/aromatic N) is 2. The average molecular weight is 160 g/mol. The summed E-state index contributed by atoms with van der Waals surface area (Å²) in [6, 6.07) is 0. The maximum atomic E-state index is 7.98. The molecule has 0 saturated heterocycles. The van der Waals surface area contributed by atoms with Crippen LogP contribution >= 0.6 is 23.5 Å². The molecule has 48 valence electrons. The van der Waals surface area contributed by atoms with Gasteiger partial charge in [0.25, 0.3) is 0 Å². The van der Waals surface area contributed by atoms with Crippen molar-refractivity contribution in [3.63, 3.8) is 0 Å². The fourth-order valence-electron chi connectivity index (χ4n) is 0.170. The minimum absolute atomic E-state index is 0.338. The van der Waals surface area contributed by atoms with Crippen LogP contribution < -0.4 is 0 Å². The predicted molar refractivity (Wildman–Crippen MR) is 37.2 cm³/mol. The third-order valence-corrected chi connectivity index (χ3v) is 1.24. The number of hydrogen-bond acceptors (Lipinski definition) is 5. The van der Waals surface area contributed by atoms with Gasteiger partial charge >= 0.3 is 0 Å². The highest BCUT2D eigenvalue weighted by molar-refractivity contribution is 8.04. The van der Waals surface area contributed by atoms with Crippen molar-refractivity contribution in [2.75, 3.05) is 11.9 Å². The van der Waals surface area contributed by atoms with Crippen molar-refractivity contribution in [1.82, 2.24) is 0 Å². The molecule has 0 fully saturated rings. The molecule has 0 aliphatic carbocycles. The monoisotopic (exact) mass is 160 g/mol. The van der Waals surface area contributed by atoms with E-state index in [1.165, 1.54) is 0 Å². The van der Waals surface area contributed by atoms with Gasteiger partial charge in [0.15, 0.2) is 0 Å². The van der Waals surface area contributed by atoms with Crippen LogP contribution in [0.5, 0.6) is 0 Å². The molecule has 0 aliphatic heterocycles. The molecule has 3 nitrogen and oxygen atoms in total. The Morgan fingerprint density at radius 1 is 1.11 bits per heavy atom. The van der Waals surface area contributed by atoms with Gasteiger partial charge < -0.3 is 4.74 Å². The molecule has 0 aromatic heterocycles. The average Bonchev–Trinajstić information content (AvgIpc) is 1.89. The summed E-state index contributed by atoms with van der Waals surface area (Å²) in [5.41, 5.74) is 0. The van der Waals surface area contributed by atoms with Gasteiger partial charge in [-0.1, -0.05) is 0 Å². The quantitative estimate of drug-likeness (QED) is 0.353. The summed E-state index contributed by atoms with van der Waals surface area (Å²) < 4.78 is 4.80. The Labute approximate surface area is 62.0 Å². The second kappa shape index (κ2) is 7.64. The third-order valence-electron chi connectivity index (χ3n) is 0.414. The van der Waals surface area contributed by atoms with E-state index < -0.39 is 0 Å². The van der Waals surface area contributed by atoms with Crippen LogP contribution in [0.3, 0.4) is 0 Å². The Bertz CT molecular complexity index is 120. The first kappa shape index (κ1) is 8.64. The lowest BCUT2D eigenvalue weighted by Crippen LogP contribution is -1.85. The van der Waals surface area contributed by atoms with Gasteiger partial charge in [-0.3, -0.25) is 0 Å². The van der Waals surface area contributed by atoms with Gasteiger partial charge in [-0.25, -0.2) is 0 Å². The van der Waals surface area contributed by atoms with Crippen LogP contribution in [0.1, 0.15) is 0 Å². The van der Waals surface area contributed by atoms with Crippen molar-refractivity contribution in [3.05, 3.63) is 0 Å². The Hall–Kier alpha value is -0.360. The lowest BCUT2D eigenvalue weighted by molar-refractivity contribution is 0.242. The molecule has 0 amide bonds. The molecule has 0 saturated carbocycles. The maximum Gasteiger partial charge on any atom is 0.135 e. The van der Waals surface area contributed by atoms with Gasteiger partial charge in [0, 0.05) is 0 Å². The summed E-state index contributed by atoms with van der Waals surface area (Å²) in [4.78, 5) is 0. The minimum atomic E-state index is 0.338. The molecular formula is C4H4N2OS2. The predicted octanol–water partition coefficient (Wildman–Crippen LogP) is 1.35. The Kier molecular flexibility index (Phi) is 7.33. The number of thioether (sulfide) groups is 2. The van der Waals surface area contributed by atoms with Gasteiger partial charge in [0.05, 0.1) is 0 Å². The minimum Gasteiger partial charge on any atom is -0.358 e. The molecule has 0 aliphatic rings. The van der Waals surface area contributed by atoms with E-state index in [1.54, 1.807) is 0 Å². The molecule has 9 heavy (non-hydrogen) atoms. The molecule has 0 unspecified atom stereocenters. The van der Waals surface area contributed by atoms with Gasteiger partial charge in [-0.05, 0) is 23.5 Å². The van der Waals surface area contributed by atoms with Gasteiger partial charge in [0.2, 0.25) is 0 Å². The highest BCUT2D eigenvalue weighted by Gasteiger charge is 1.85. The van der Waals surface area contributed by atoms with Crippen molar-refractivity contribution in [2.24, 2.45) is 0 Å². The van der Waals surface area contributed by atoms with Crippen molar-refractivity contribution in [1.29, 1.82) is 10.5 Å². The fraction of sp³-hybridized carbons (Fsp3) is 0.500. The molecule has 0 radical (unpaired) electrons. The number of hydrogen-bond donors (Lipinski definition) is 0. The van der Waals surface area contributed by atoms with Gasteiger partial charge in [-0.15, -0.1) is 0 Å². The highest BCUT2D eigenvalue weighted by Crippen LogP contribution is 2.01. The van der Waals surface area contributed by atoms with Crippen LogP contribution in [0.25, 0.3) is 0 Å². The zero-order valence-electron chi connectivity index (χ0n) is 4.53. The van der Waals surface area contributed by atoms with E-state index in [-0.39, 0.29) is 0 Å². The molecular weight excluding hydrogens is 156 g/mol. The number of rotatable bonds is 4. The topological polar surface area (TPSA) is 56.8 Å². The molecule has 0 rings (SSSR count). The van der Waals surface area contributed by atoms with Crippen molar-refractivity contribution in [3.8, 4) is 10.8 Å². The molecule has 5 heteroatoms. The Morgan fingerprint density at radius 2 is 1.56 bits per heavy atom. The molecule has 0 spiro atoms. The van der Waals surface area contributed by atoms with Crippen LogP contribution in [0.2, 0.25) is 0 Å². The van der Waals surface area contributed by atoms with Crippen molar-refractivity contribution >= 4 is 23.5 Å². The number of thiocyanates is 2. The number of ether oxygens (including phenoxy) is 1. The molecule has 0 atom stereocenters. The van der Waals surface area contributed by atoms with Gasteiger partial charge in [0.1, 0.15) is 22.7 Å². The smallest absolute Gasteiger partial charge is 0.135 e. The van der Waals surface area contributed by atoms with E-state index in [0.29, 0.717) is 11.9 Å². The summed E-state index contributed by atoms with van der Waals surface area (Å²) in [7, 11) is 0. The summed E-state index contributed by atoms with van der Waals surface area (Å²) in [5, 5.41) is 19.7. The second-order valence-electron chi connectivity index (χ2n) is 0.911. The van der Waals surface area contributed by atoms with Gasteiger partial charge in [-0.2, -0.15) is 10.5 Å². The largest absolute Gasteiger partial charge is 0.358 e. The zero-order valence-corrected chi connectivity index (χ0v) is 6.17. The van der Waals surface area contributed by atoms with Crippen LogP contribution in [0.15, 0.2) is 0 Å². The van der Waals surface area contributed by atoms with E-state index in [0.717, 1.165) is 23.5 Å². The Morgan fingerprint density at radius 3 is 1.89 bits per heavy atom. The lowest BCUT2D eigenvalue weighted by Gasteiger charge is -1.91. The molecule has 0 aromatic rings. The normalized spacial score (nSPS) is 7.78. The number of nitriles is 2. The lowest BCUT2D eigenvalue weighted by atomic mass is 11.5. The zero-order chi connectivity index (χ0) is 6.95. The van der Waals surface area contributed by atoms with E-state index in [1.807, 2.05) is 10.8 Å². The summed E-state index contributed by atoms with van der Waals surface area (Å²) in [6.45, 7) is 0. The van der Waals surface area contributed by atoms with E-state index in [4.69, 9.17) is 15.3 Å². The molecule has 0 aromatic carbocycles. The van der Waals surface area contributed by atoms with E-state index >= 15 is 0 Å². The Balaban J connectivity index is 2.79. The fourth-order valence-corrected chi connectivity index (χ4v) is 0.714. The SMILES string of the molecule is N#CSCOCSC#N. The third kappa shape index (κ3) is 7.64. The molecule has 0 heterocycles. The van der Waals surface area contributed by atoms with Crippen LogP contribution in [0.4, 0.5) is 0 Å². The van der Waals surface area contributed by atoms with Crippen molar-refractivity contribution in [2.45, 2.75) is 0 Å². The summed E-state index contributed by atoms with van der Waals surface area (Å²) in [5.74, 6) is 0.677. The first-order valence-electron chi connectivity index (χ1n) is 2.01. The first-order chi connectivity index (χ1) is 4.41. The molecule has 0 bridgehead atoms. The second-order valence-corrected chi connectivity index (χ2v) is 2.32. The highest BCUT2D eigenvalue weighted by atomic mass is 32.2. The van der Waals surface area contributed by atoms with Crippen LogP contribution in [-0.2, 0) is 4.74 Å². The molecule has 0 N–H and O–H groups in total. The van der Waals surface area contributed by atoms with E-state index in [2.05, 4.69) is 0 Å². The maximum absolute atomic E-state index is 7.98. The summed E-state index contributed by atoms with van der Waals surface area (Å²) in [6.07, 6.45) is 0.